The largest absolute Gasteiger partial charge is 0.462 e. The van der Waals surface area contributed by atoms with E-state index in [9.17, 15) is 23.2 Å². The molecule has 14 heteroatoms. The highest BCUT2D eigenvalue weighted by atomic mass is 19.4. The molecular formula is C22H22F3N9O2. The fourth-order valence-electron chi connectivity index (χ4n) is 4.13. The van der Waals surface area contributed by atoms with Crippen LogP contribution in [0.15, 0.2) is 18.6 Å². The zero-order chi connectivity index (χ0) is 25.3. The summed E-state index contributed by atoms with van der Waals surface area (Å²) < 4.78 is 43.4. The van der Waals surface area contributed by atoms with Crippen LogP contribution in [0, 0.1) is 16.7 Å². The maximum absolute atomic E-state index is 12.6. The van der Waals surface area contributed by atoms with Gasteiger partial charge in [0.1, 0.15) is 18.7 Å². The molecule has 1 aliphatic carbocycles. The van der Waals surface area contributed by atoms with Crippen LogP contribution >= 0.6 is 0 Å². The second kappa shape index (κ2) is 9.21. The number of amides is 1. The molecule has 0 spiro atoms. The number of nitrogens with zero attached hydrogens (tertiary/aromatic N) is 7. The summed E-state index contributed by atoms with van der Waals surface area (Å²) in [4.78, 5) is 38.4. The van der Waals surface area contributed by atoms with Crippen LogP contribution in [-0.4, -0.2) is 68.2 Å². The highest BCUT2D eigenvalue weighted by Gasteiger charge is 2.44. The van der Waals surface area contributed by atoms with Gasteiger partial charge in [-0.25, -0.2) is 4.98 Å². The summed E-state index contributed by atoms with van der Waals surface area (Å²) >= 11 is 0. The number of nitrogens with one attached hydrogen (secondary N) is 2. The Morgan fingerprint density at radius 3 is 2.67 bits per heavy atom. The maximum atomic E-state index is 12.6. The summed E-state index contributed by atoms with van der Waals surface area (Å²) in [5, 5.41) is 11.1. The number of nitriles is 1. The number of fused-ring (bicyclic) bond motifs is 1. The number of rotatable bonds is 7. The number of halogens is 3. The normalized spacial score (nSPS) is 17.6. The van der Waals surface area contributed by atoms with Gasteiger partial charge in [0.15, 0.2) is 5.65 Å². The minimum absolute atomic E-state index is 0.0280. The molecule has 5 rings (SSSR count). The smallest absolute Gasteiger partial charge is 0.405 e. The first-order valence-electron chi connectivity index (χ1n) is 11.4. The highest BCUT2D eigenvalue weighted by molar-refractivity contribution is 5.90. The summed E-state index contributed by atoms with van der Waals surface area (Å²) in [5.74, 6) is -1.22. The summed E-state index contributed by atoms with van der Waals surface area (Å²) in [6.45, 7) is -0.417. The molecule has 11 nitrogen and oxygen atoms in total. The zero-order valence-electron chi connectivity index (χ0n) is 19.0. The van der Waals surface area contributed by atoms with Crippen molar-refractivity contribution in [2.45, 2.75) is 37.8 Å². The Labute approximate surface area is 203 Å². The Balaban J connectivity index is 1.33. The maximum Gasteiger partial charge on any atom is 0.405 e. The third-order valence-electron chi connectivity index (χ3n) is 6.38. The van der Waals surface area contributed by atoms with Crippen LogP contribution in [0.25, 0.3) is 11.2 Å². The van der Waals surface area contributed by atoms with E-state index in [0.717, 1.165) is 29.6 Å². The van der Waals surface area contributed by atoms with Gasteiger partial charge in [-0.05, 0) is 31.6 Å². The second-order valence-electron chi connectivity index (χ2n) is 8.98. The quantitative estimate of drug-likeness (QED) is 0.499. The molecule has 2 N–H and O–H groups in total. The van der Waals surface area contributed by atoms with Crippen molar-refractivity contribution in [1.29, 1.82) is 5.26 Å². The lowest BCUT2D eigenvalue weighted by atomic mass is 9.91. The van der Waals surface area contributed by atoms with Crippen LogP contribution in [0.1, 0.15) is 47.8 Å². The van der Waals surface area contributed by atoms with Crippen molar-refractivity contribution in [3.8, 4) is 12.1 Å². The third kappa shape index (κ3) is 5.14. The van der Waals surface area contributed by atoms with Gasteiger partial charge >= 0.3 is 12.2 Å². The molecule has 2 aliphatic rings. The average molecular weight is 501 g/mol. The first kappa shape index (κ1) is 23.7. The minimum Gasteiger partial charge on any atom is -0.462 e. The van der Waals surface area contributed by atoms with Crippen molar-refractivity contribution in [3.05, 3.63) is 30.0 Å². The molecule has 1 saturated heterocycles. The summed E-state index contributed by atoms with van der Waals surface area (Å²) in [7, 11) is 0. The fraction of sp³-hybridized carbons (Fsp3) is 0.500. The van der Waals surface area contributed by atoms with E-state index in [1.54, 1.807) is 17.7 Å². The lowest BCUT2D eigenvalue weighted by Crippen LogP contribution is -2.37. The Bertz CT molecular complexity index is 1310. The van der Waals surface area contributed by atoms with Crippen LogP contribution in [-0.2, 0) is 0 Å². The Hall–Kier alpha value is -4.02. The van der Waals surface area contributed by atoms with E-state index >= 15 is 0 Å². The molecule has 0 unspecified atom stereocenters. The monoisotopic (exact) mass is 501 g/mol. The zero-order valence-corrected chi connectivity index (χ0v) is 19.0. The lowest BCUT2D eigenvalue weighted by molar-refractivity contribution is -0.123. The Morgan fingerprint density at radius 1 is 1.22 bits per heavy atom. The number of ether oxygens (including phenoxy) is 1. The van der Waals surface area contributed by atoms with Gasteiger partial charge in [-0.2, -0.15) is 33.4 Å². The number of aromatic amines is 1. The van der Waals surface area contributed by atoms with Gasteiger partial charge in [-0.1, -0.05) is 0 Å². The Kier molecular flexibility index (Phi) is 6.07. The van der Waals surface area contributed by atoms with E-state index in [0.29, 0.717) is 25.9 Å². The fourth-order valence-corrected chi connectivity index (χ4v) is 4.13. The molecule has 0 aromatic carbocycles. The van der Waals surface area contributed by atoms with E-state index in [1.165, 1.54) is 0 Å². The van der Waals surface area contributed by atoms with Crippen molar-refractivity contribution >= 4 is 23.0 Å². The summed E-state index contributed by atoms with van der Waals surface area (Å²) in [6.07, 6.45) is 3.41. The van der Waals surface area contributed by atoms with Crippen molar-refractivity contribution < 1.29 is 22.7 Å². The van der Waals surface area contributed by atoms with Gasteiger partial charge in [0.2, 0.25) is 11.8 Å². The van der Waals surface area contributed by atoms with E-state index in [-0.39, 0.29) is 24.5 Å². The SMILES string of the molecule is N#CC1(COc2nc(C(=O)NCC(F)(F)F)nc(N3CCC(c4c[nH]c5nccnc45)CC3)n2)CC1. The van der Waals surface area contributed by atoms with Gasteiger partial charge in [0.05, 0.1) is 11.5 Å². The standard InChI is InChI=1S/C22H22F3N9O2/c23-22(24,25)11-30-18(35)17-31-19(33-20(32-17)36-12-21(10-26)3-4-21)34-7-1-13(2-8-34)14-9-29-16-15(14)27-5-6-28-16/h5-6,9,13H,1-4,7-8,11-12H2,(H,28,29)(H,30,35). The van der Waals surface area contributed by atoms with Crippen molar-refractivity contribution in [3.63, 3.8) is 0 Å². The molecule has 0 bridgehead atoms. The molecule has 1 amide bonds. The number of carbonyl (C=O) groups is 1. The van der Waals surface area contributed by atoms with Crippen LogP contribution < -0.4 is 15.0 Å². The molecule has 1 aliphatic heterocycles. The van der Waals surface area contributed by atoms with E-state index in [2.05, 4.69) is 36.0 Å². The highest BCUT2D eigenvalue weighted by Crippen LogP contribution is 2.45. The summed E-state index contributed by atoms with van der Waals surface area (Å²) in [6, 6.07) is 1.98. The molecule has 4 heterocycles. The first-order chi connectivity index (χ1) is 17.3. The molecule has 0 radical (unpaired) electrons. The van der Waals surface area contributed by atoms with Gasteiger partial charge in [-0.15, -0.1) is 0 Å². The third-order valence-corrected chi connectivity index (χ3v) is 6.38. The van der Waals surface area contributed by atoms with Crippen molar-refractivity contribution in [2.24, 2.45) is 5.41 Å². The molecule has 3 aromatic rings. The topological polar surface area (TPSA) is 146 Å². The molecular weight excluding hydrogens is 479 g/mol. The predicted molar refractivity (Wildman–Crippen MR) is 119 cm³/mol. The number of hydrogen-bond acceptors (Lipinski definition) is 9. The first-order valence-corrected chi connectivity index (χ1v) is 11.4. The average Bonchev–Trinajstić information content (AvgIpc) is 3.55. The number of piperidine rings is 1. The van der Waals surface area contributed by atoms with Crippen molar-refractivity contribution in [2.75, 3.05) is 31.1 Å². The molecule has 36 heavy (non-hydrogen) atoms. The minimum atomic E-state index is -4.58. The van der Waals surface area contributed by atoms with Gasteiger partial charge in [0, 0.05) is 37.2 Å². The summed E-state index contributed by atoms with van der Waals surface area (Å²) in [5.41, 5.74) is 1.98. The van der Waals surface area contributed by atoms with Gasteiger partial charge in [0.25, 0.3) is 5.91 Å². The molecule has 2 fully saturated rings. The van der Waals surface area contributed by atoms with Crippen molar-refractivity contribution in [1.82, 2.24) is 35.2 Å². The number of H-pyrrole nitrogens is 1. The number of aromatic nitrogens is 6. The van der Waals surface area contributed by atoms with E-state index in [4.69, 9.17) is 4.74 Å². The number of anilines is 1. The van der Waals surface area contributed by atoms with Crippen LogP contribution in [0.3, 0.4) is 0 Å². The molecule has 3 aromatic heterocycles. The van der Waals surface area contributed by atoms with Gasteiger partial charge in [-0.3, -0.25) is 9.78 Å². The van der Waals surface area contributed by atoms with E-state index < -0.39 is 29.9 Å². The van der Waals surface area contributed by atoms with Crippen LogP contribution in [0.5, 0.6) is 6.01 Å². The predicted octanol–water partition coefficient (Wildman–Crippen LogP) is 2.50. The number of alkyl halides is 3. The van der Waals surface area contributed by atoms with Crippen LogP contribution in [0.2, 0.25) is 0 Å². The molecule has 188 valence electrons. The van der Waals surface area contributed by atoms with Crippen LogP contribution in [0.4, 0.5) is 19.1 Å². The number of carbonyl (C=O) groups excluding carboxylic acids is 1. The second-order valence-corrected chi connectivity index (χ2v) is 8.98. The molecule has 1 saturated carbocycles. The molecule has 0 atom stereocenters. The Morgan fingerprint density at radius 2 is 1.97 bits per heavy atom. The van der Waals surface area contributed by atoms with Gasteiger partial charge < -0.3 is 19.9 Å². The van der Waals surface area contributed by atoms with E-state index in [1.807, 2.05) is 11.1 Å². The lowest BCUT2D eigenvalue weighted by Gasteiger charge is -2.31. The number of hydrogen-bond donors (Lipinski definition) is 2.